The van der Waals surface area contributed by atoms with Gasteiger partial charge in [-0.25, -0.2) is 13.2 Å². The Morgan fingerprint density at radius 1 is 1.16 bits per heavy atom. The molecule has 7 nitrogen and oxygen atoms in total. The molecule has 1 aromatic carbocycles. The quantitative estimate of drug-likeness (QED) is 0.822. The molecule has 0 bridgehead atoms. The molecule has 1 aromatic rings. The summed E-state index contributed by atoms with van der Waals surface area (Å²) in [5.41, 5.74) is 0.818. The molecule has 0 aliphatic carbocycles. The number of alkyl carbamates (subject to hydrolysis) is 1. The lowest BCUT2D eigenvalue weighted by Gasteiger charge is -2.31. The van der Waals surface area contributed by atoms with E-state index in [1.165, 1.54) is 4.31 Å². The standard InChI is InChI=1S/C17H27N3O4S/c1-14(2)13-24-17(21)18-12-15-4-6-16(7-5-15)25(22,23)20-10-8-19(3)9-11-20/h4-7,14H,8-13H2,1-3H3,(H,18,21). The van der Waals surface area contributed by atoms with Crippen LogP contribution in [0.25, 0.3) is 0 Å². The summed E-state index contributed by atoms with van der Waals surface area (Å²) in [5.74, 6) is 0.282. The fourth-order valence-electron chi connectivity index (χ4n) is 2.42. The maximum absolute atomic E-state index is 12.6. The highest BCUT2D eigenvalue weighted by Crippen LogP contribution is 2.18. The lowest BCUT2D eigenvalue weighted by Crippen LogP contribution is -2.47. The third kappa shape index (κ3) is 5.69. The molecule has 0 spiro atoms. The molecule has 1 saturated heterocycles. The van der Waals surface area contributed by atoms with Gasteiger partial charge in [0.25, 0.3) is 0 Å². The second kappa shape index (κ2) is 8.64. The Labute approximate surface area is 150 Å². The van der Waals surface area contributed by atoms with Crippen molar-refractivity contribution in [3.63, 3.8) is 0 Å². The summed E-state index contributed by atoms with van der Waals surface area (Å²) in [6.45, 7) is 7.08. The Kier molecular flexibility index (Phi) is 6.80. The highest BCUT2D eigenvalue weighted by Gasteiger charge is 2.27. The SMILES string of the molecule is CC(C)COC(=O)NCc1ccc(S(=O)(=O)N2CCN(C)CC2)cc1. The monoisotopic (exact) mass is 369 g/mol. The normalized spacial score (nSPS) is 16.8. The molecular formula is C17H27N3O4S. The van der Waals surface area contributed by atoms with E-state index >= 15 is 0 Å². The van der Waals surface area contributed by atoms with E-state index in [2.05, 4.69) is 10.2 Å². The number of amides is 1. The van der Waals surface area contributed by atoms with Gasteiger partial charge in [-0.1, -0.05) is 26.0 Å². The smallest absolute Gasteiger partial charge is 0.407 e. The third-order valence-corrected chi connectivity index (χ3v) is 5.92. The van der Waals surface area contributed by atoms with Crippen LogP contribution in [-0.2, 0) is 21.3 Å². The summed E-state index contributed by atoms with van der Waals surface area (Å²) in [6.07, 6.45) is -0.470. The second-order valence-corrected chi connectivity index (χ2v) is 8.64. The van der Waals surface area contributed by atoms with E-state index in [1.54, 1.807) is 24.3 Å². The molecule has 0 unspecified atom stereocenters. The van der Waals surface area contributed by atoms with Gasteiger partial charge in [-0.3, -0.25) is 0 Å². The summed E-state index contributed by atoms with van der Waals surface area (Å²) in [4.78, 5) is 13.9. The number of ether oxygens (including phenoxy) is 1. The van der Waals surface area contributed by atoms with Gasteiger partial charge in [0.05, 0.1) is 11.5 Å². The van der Waals surface area contributed by atoms with Crippen LogP contribution in [0.3, 0.4) is 0 Å². The minimum absolute atomic E-state index is 0.281. The third-order valence-electron chi connectivity index (χ3n) is 4.01. The van der Waals surface area contributed by atoms with Crippen molar-refractivity contribution < 1.29 is 17.9 Å². The van der Waals surface area contributed by atoms with Crippen molar-refractivity contribution >= 4 is 16.1 Å². The fraction of sp³-hybridized carbons (Fsp3) is 0.588. The van der Waals surface area contributed by atoms with Gasteiger partial charge in [0.15, 0.2) is 0 Å². The summed E-state index contributed by atoms with van der Waals surface area (Å²) >= 11 is 0. The largest absolute Gasteiger partial charge is 0.449 e. The van der Waals surface area contributed by atoms with Crippen LogP contribution in [0.4, 0.5) is 4.79 Å². The van der Waals surface area contributed by atoms with Crippen LogP contribution in [0.1, 0.15) is 19.4 Å². The van der Waals surface area contributed by atoms with Gasteiger partial charge in [0.2, 0.25) is 10.0 Å². The van der Waals surface area contributed by atoms with E-state index in [9.17, 15) is 13.2 Å². The van der Waals surface area contributed by atoms with Gasteiger partial charge in [0.1, 0.15) is 0 Å². The number of rotatable bonds is 6. The number of carbonyl (C=O) groups is 1. The van der Waals surface area contributed by atoms with Crippen LogP contribution in [0, 0.1) is 5.92 Å². The first-order chi connectivity index (χ1) is 11.8. The van der Waals surface area contributed by atoms with Gasteiger partial charge < -0.3 is 15.0 Å². The summed E-state index contributed by atoms with van der Waals surface area (Å²) < 4.78 is 31.8. The molecule has 1 N–H and O–H groups in total. The van der Waals surface area contributed by atoms with Crippen molar-refractivity contribution in [2.75, 3.05) is 39.8 Å². The first-order valence-corrected chi connectivity index (χ1v) is 9.91. The lowest BCUT2D eigenvalue weighted by molar-refractivity contribution is 0.132. The van der Waals surface area contributed by atoms with Gasteiger partial charge in [-0.2, -0.15) is 4.31 Å². The molecular weight excluding hydrogens is 342 g/mol. The number of sulfonamides is 1. The van der Waals surface area contributed by atoms with Crippen molar-refractivity contribution in [1.29, 1.82) is 0 Å². The van der Waals surface area contributed by atoms with Gasteiger partial charge in [0, 0.05) is 32.7 Å². The number of hydrogen-bond donors (Lipinski definition) is 1. The van der Waals surface area contributed by atoms with E-state index in [-0.39, 0.29) is 10.8 Å². The van der Waals surface area contributed by atoms with Crippen molar-refractivity contribution in [3.8, 4) is 0 Å². The molecule has 1 fully saturated rings. The molecule has 2 rings (SSSR count). The van der Waals surface area contributed by atoms with Crippen molar-refractivity contribution in [3.05, 3.63) is 29.8 Å². The van der Waals surface area contributed by atoms with Gasteiger partial charge in [-0.15, -0.1) is 0 Å². The molecule has 25 heavy (non-hydrogen) atoms. The Morgan fingerprint density at radius 3 is 2.32 bits per heavy atom. The maximum atomic E-state index is 12.6. The van der Waals surface area contributed by atoms with Gasteiger partial charge in [-0.05, 0) is 30.7 Å². The maximum Gasteiger partial charge on any atom is 0.407 e. The van der Waals surface area contributed by atoms with Crippen molar-refractivity contribution in [1.82, 2.24) is 14.5 Å². The Balaban J connectivity index is 1.91. The highest BCUT2D eigenvalue weighted by molar-refractivity contribution is 7.89. The zero-order valence-electron chi connectivity index (χ0n) is 15.1. The molecule has 8 heteroatoms. The molecule has 1 aliphatic heterocycles. The van der Waals surface area contributed by atoms with Crippen molar-refractivity contribution in [2.45, 2.75) is 25.3 Å². The van der Waals surface area contributed by atoms with Crippen LogP contribution < -0.4 is 5.32 Å². The van der Waals surface area contributed by atoms with Gasteiger partial charge >= 0.3 is 6.09 Å². The predicted molar refractivity (Wildman–Crippen MR) is 95.7 cm³/mol. The predicted octanol–water partition coefficient (Wildman–Crippen LogP) is 1.50. The number of benzene rings is 1. The van der Waals surface area contributed by atoms with Crippen LogP contribution >= 0.6 is 0 Å². The number of likely N-dealkylation sites (N-methyl/N-ethyl adjacent to an activating group) is 1. The van der Waals surface area contributed by atoms with Crippen LogP contribution in [-0.4, -0.2) is 63.5 Å². The van der Waals surface area contributed by atoms with E-state index in [4.69, 9.17) is 4.74 Å². The second-order valence-electron chi connectivity index (χ2n) is 6.70. The molecule has 0 saturated carbocycles. The van der Waals surface area contributed by atoms with Crippen LogP contribution in [0.15, 0.2) is 29.2 Å². The molecule has 0 radical (unpaired) electrons. The Bertz CT molecular complexity index is 666. The zero-order chi connectivity index (χ0) is 18.4. The summed E-state index contributed by atoms with van der Waals surface area (Å²) in [7, 11) is -1.47. The van der Waals surface area contributed by atoms with Crippen molar-refractivity contribution in [2.24, 2.45) is 5.92 Å². The number of piperazine rings is 1. The first-order valence-electron chi connectivity index (χ1n) is 8.47. The minimum Gasteiger partial charge on any atom is -0.449 e. The van der Waals surface area contributed by atoms with Crippen LogP contribution in [0.5, 0.6) is 0 Å². The highest BCUT2D eigenvalue weighted by atomic mass is 32.2. The topological polar surface area (TPSA) is 78.9 Å². The van der Waals surface area contributed by atoms with E-state index in [0.29, 0.717) is 26.2 Å². The number of hydrogen-bond acceptors (Lipinski definition) is 5. The molecule has 1 aliphatic rings. The number of nitrogens with zero attached hydrogens (tertiary/aromatic N) is 2. The Hall–Kier alpha value is -1.64. The van der Waals surface area contributed by atoms with E-state index in [1.807, 2.05) is 20.9 Å². The average molecular weight is 369 g/mol. The van der Waals surface area contributed by atoms with Crippen LogP contribution in [0.2, 0.25) is 0 Å². The summed E-state index contributed by atoms with van der Waals surface area (Å²) in [5, 5.41) is 2.65. The molecule has 0 aromatic heterocycles. The van der Waals surface area contributed by atoms with E-state index in [0.717, 1.165) is 18.7 Å². The number of carbonyl (C=O) groups excluding carboxylic acids is 1. The average Bonchev–Trinajstić information content (AvgIpc) is 2.59. The molecule has 140 valence electrons. The Morgan fingerprint density at radius 2 is 1.76 bits per heavy atom. The lowest BCUT2D eigenvalue weighted by atomic mass is 10.2. The fourth-order valence-corrected chi connectivity index (χ4v) is 3.85. The molecule has 0 atom stereocenters. The minimum atomic E-state index is -3.46. The molecule has 1 amide bonds. The number of nitrogens with one attached hydrogen (secondary N) is 1. The molecule has 1 heterocycles. The first kappa shape index (κ1) is 19.7. The van der Waals surface area contributed by atoms with E-state index < -0.39 is 16.1 Å². The zero-order valence-corrected chi connectivity index (χ0v) is 15.9. The summed E-state index contributed by atoms with van der Waals surface area (Å²) in [6, 6.07) is 6.60.